The van der Waals surface area contributed by atoms with Crippen LogP contribution >= 0.6 is 11.6 Å². The van der Waals surface area contributed by atoms with Gasteiger partial charge in [-0.1, -0.05) is 31.0 Å². The van der Waals surface area contributed by atoms with Gasteiger partial charge in [0.15, 0.2) is 4.90 Å². The largest absolute Gasteiger partial charge is 0.494 e. The van der Waals surface area contributed by atoms with E-state index in [1.165, 1.54) is 38.5 Å². The lowest BCUT2D eigenvalue weighted by atomic mass is 10.2. The molecule has 3 rings (SSSR count). The zero-order valence-corrected chi connectivity index (χ0v) is 19.4. The smallest absolute Gasteiger partial charge is 0.281 e. The van der Waals surface area contributed by atoms with Crippen molar-refractivity contribution in [2.75, 3.05) is 14.2 Å². The van der Waals surface area contributed by atoms with Crippen molar-refractivity contribution < 1.29 is 23.0 Å². The third-order valence-corrected chi connectivity index (χ3v) is 6.90. The van der Waals surface area contributed by atoms with Crippen molar-refractivity contribution in [3.8, 4) is 23.1 Å². The number of unbranched alkanes of at least 4 members (excludes halogenated alkanes) is 1. The van der Waals surface area contributed by atoms with Crippen LogP contribution in [-0.2, 0) is 16.3 Å². The summed E-state index contributed by atoms with van der Waals surface area (Å²) in [6, 6.07) is 10.2. The lowest BCUT2D eigenvalue weighted by Crippen LogP contribution is -2.29. The molecule has 0 spiro atoms. The van der Waals surface area contributed by atoms with E-state index in [4.69, 9.17) is 21.1 Å². The molecule has 0 radical (unpaired) electrons. The number of aryl methyl sites for hydroxylation is 1. The van der Waals surface area contributed by atoms with E-state index in [9.17, 15) is 18.3 Å². The van der Waals surface area contributed by atoms with Crippen LogP contribution in [-0.4, -0.2) is 37.3 Å². The van der Waals surface area contributed by atoms with Crippen LogP contribution in [0, 0.1) is 0 Å². The van der Waals surface area contributed by atoms with E-state index < -0.39 is 26.2 Å². The van der Waals surface area contributed by atoms with E-state index >= 15 is 0 Å². The molecule has 32 heavy (non-hydrogen) atoms. The number of rotatable bonds is 8. The lowest BCUT2D eigenvalue weighted by Gasteiger charge is -2.19. The van der Waals surface area contributed by atoms with Gasteiger partial charge in [-0.25, -0.2) is 8.42 Å². The molecule has 3 aromatic rings. The highest BCUT2D eigenvalue weighted by Crippen LogP contribution is 2.34. The Bertz CT molecular complexity index is 1260. The maximum absolute atomic E-state index is 13.6. The van der Waals surface area contributed by atoms with Gasteiger partial charge >= 0.3 is 0 Å². The van der Waals surface area contributed by atoms with Crippen LogP contribution < -0.4 is 15.0 Å². The molecule has 0 aliphatic rings. The number of ether oxygens (including phenoxy) is 2. The van der Waals surface area contributed by atoms with Crippen molar-refractivity contribution in [3.05, 3.63) is 63.7 Å². The third-order valence-electron chi connectivity index (χ3n) is 4.87. The topological polar surface area (TPSA) is 108 Å². The molecule has 0 fully saturated rings. The Hall–Kier alpha value is -3.04. The average molecular weight is 479 g/mol. The van der Waals surface area contributed by atoms with Crippen molar-refractivity contribution in [1.82, 2.24) is 9.55 Å². The summed E-state index contributed by atoms with van der Waals surface area (Å²) in [6.45, 7) is 1.96. The summed E-state index contributed by atoms with van der Waals surface area (Å²) in [6.07, 6.45) is 1.78. The number of nitrogens with zero attached hydrogens (tertiary/aromatic N) is 2. The number of aromatic nitrogens is 2. The molecule has 0 saturated carbocycles. The molecule has 170 valence electrons. The number of para-hydroxylation sites is 1. The molecule has 0 bridgehead atoms. The highest BCUT2D eigenvalue weighted by Gasteiger charge is 2.31. The van der Waals surface area contributed by atoms with Gasteiger partial charge in [-0.15, -0.1) is 0 Å². The highest BCUT2D eigenvalue weighted by molar-refractivity contribution is 7.91. The Morgan fingerprint density at radius 1 is 1.06 bits per heavy atom. The van der Waals surface area contributed by atoms with Crippen LogP contribution in [0.5, 0.6) is 17.4 Å². The van der Waals surface area contributed by atoms with E-state index in [0.29, 0.717) is 17.9 Å². The molecule has 1 aromatic heterocycles. The normalized spacial score (nSPS) is 11.4. The fraction of sp³-hybridized carbons (Fsp3) is 0.273. The highest BCUT2D eigenvalue weighted by atomic mass is 35.5. The first-order valence-corrected chi connectivity index (χ1v) is 11.7. The van der Waals surface area contributed by atoms with Crippen LogP contribution in [0.15, 0.2) is 57.1 Å². The van der Waals surface area contributed by atoms with Gasteiger partial charge in [0, 0.05) is 11.4 Å². The Morgan fingerprint density at radius 2 is 1.66 bits per heavy atom. The predicted molar refractivity (Wildman–Crippen MR) is 120 cm³/mol. The monoisotopic (exact) mass is 478 g/mol. The van der Waals surface area contributed by atoms with Crippen LogP contribution in [0.3, 0.4) is 0 Å². The average Bonchev–Trinajstić information content (AvgIpc) is 2.77. The molecule has 1 heterocycles. The number of benzene rings is 2. The van der Waals surface area contributed by atoms with Gasteiger partial charge in [0.05, 0.1) is 19.1 Å². The quantitative estimate of drug-likeness (QED) is 0.524. The fourth-order valence-electron chi connectivity index (χ4n) is 3.29. The van der Waals surface area contributed by atoms with Gasteiger partial charge in [0.1, 0.15) is 23.0 Å². The second-order valence-corrected chi connectivity index (χ2v) is 9.22. The number of hydrogen-bond acceptors (Lipinski definition) is 7. The summed E-state index contributed by atoms with van der Waals surface area (Å²) >= 11 is 5.86. The van der Waals surface area contributed by atoms with Gasteiger partial charge < -0.3 is 14.6 Å². The van der Waals surface area contributed by atoms with Gasteiger partial charge in [-0.3, -0.25) is 9.36 Å². The van der Waals surface area contributed by atoms with Crippen molar-refractivity contribution in [1.29, 1.82) is 0 Å². The summed E-state index contributed by atoms with van der Waals surface area (Å²) in [5.74, 6) is -0.105. The summed E-state index contributed by atoms with van der Waals surface area (Å²) in [5, 5.41) is 10.9. The molecule has 1 N–H and O–H groups in total. The Balaban J connectivity index is 2.40. The maximum atomic E-state index is 13.6. The van der Waals surface area contributed by atoms with Crippen molar-refractivity contribution >= 4 is 21.4 Å². The van der Waals surface area contributed by atoms with Crippen LogP contribution in [0.25, 0.3) is 5.69 Å². The molecule has 0 amide bonds. The van der Waals surface area contributed by atoms with Gasteiger partial charge in [0.25, 0.3) is 5.56 Å². The number of sulfone groups is 1. The minimum atomic E-state index is -4.41. The molecular weight excluding hydrogens is 456 g/mol. The summed E-state index contributed by atoms with van der Waals surface area (Å²) < 4.78 is 38.5. The van der Waals surface area contributed by atoms with Crippen molar-refractivity contribution in [2.45, 2.75) is 36.0 Å². The molecule has 0 unspecified atom stereocenters. The molecule has 8 nitrogen and oxygen atoms in total. The molecule has 0 aliphatic heterocycles. The third kappa shape index (κ3) is 4.31. The second-order valence-electron chi connectivity index (χ2n) is 6.89. The Morgan fingerprint density at radius 3 is 2.19 bits per heavy atom. The Labute approximate surface area is 190 Å². The summed E-state index contributed by atoms with van der Waals surface area (Å²) in [7, 11) is -1.56. The number of halogens is 1. The minimum Gasteiger partial charge on any atom is -0.494 e. The summed E-state index contributed by atoms with van der Waals surface area (Å²) in [5.41, 5.74) is -0.755. The SMILES string of the molecule is CCCCc1nc(O)c(S(=O)(=O)c2ccc(Cl)cc2)c(=O)n1-c1c(OC)cccc1OC. The molecule has 0 saturated heterocycles. The molecule has 0 atom stereocenters. The van der Waals surface area contributed by atoms with E-state index in [-0.39, 0.29) is 27.9 Å². The van der Waals surface area contributed by atoms with Crippen molar-refractivity contribution in [2.24, 2.45) is 0 Å². The second kappa shape index (κ2) is 9.62. The first-order valence-electron chi connectivity index (χ1n) is 9.83. The zero-order valence-electron chi connectivity index (χ0n) is 17.8. The number of methoxy groups -OCH3 is 2. The Kier molecular flexibility index (Phi) is 7.10. The first-order chi connectivity index (χ1) is 15.3. The zero-order chi connectivity index (χ0) is 23.5. The molecule has 0 aliphatic carbocycles. The van der Waals surface area contributed by atoms with E-state index in [1.807, 2.05) is 6.92 Å². The van der Waals surface area contributed by atoms with E-state index in [1.54, 1.807) is 18.2 Å². The van der Waals surface area contributed by atoms with Crippen LogP contribution in [0.1, 0.15) is 25.6 Å². The van der Waals surface area contributed by atoms with E-state index in [0.717, 1.165) is 11.0 Å². The minimum absolute atomic E-state index is 0.187. The fourth-order valence-corrected chi connectivity index (χ4v) is 4.75. The van der Waals surface area contributed by atoms with Crippen LogP contribution in [0.2, 0.25) is 5.02 Å². The molecular formula is C22H23ClN2O6S. The first kappa shape index (κ1) is 23.6. The predicted octanol–water partition coefficient (Wildman–Crippen LogP) is 3.78. The maximum Gasteiger partial charge on any atom is 0.281 e. The number of hydrogen-bond donors (Lipinski definition) is 1. The standard InChI is InChI=1S/C22H23ClN2O6S/c1-4-5-9-18-24-21(26)20(32(28,29)15-12-10-14(23)11-13-15)22(27)25(18)19-16(30-2)7-6-8-17(19)31-3/h6-8,10-13,26H,4-5,9H2,1-3H3. The summed E-state index contributed by atoms with van der Waals surface area (Å²) in [4.78, 5) is 16.7. The van der Waals surface area contributed by atoms with Gasteiger partial charge in [-0.05, 0) is 42.8 Å². The molecule has 10 heteroatoms. The number of aromatic hydroxyl groups is 1. The van der Waals surface area contributed by atoms with Crippen LogP contribution in [0.4, 0.5) is 0 Å². The molecule has 2 aromatic carbocycles. The van der Waals surface area contributed by atoms with Gasteiger partial charge in [-0.2, -0.15) is 4.98 Å². The lowest BCUT2D eigenvalue weighted by molar-refractivity contribution is 0.386. The van der Waals surface area contributed by atoms with Gasteiger partial charge in [0.2, 0.25) is 15.7 Å². The van der Waals surface area contributed by atoms with E-state index in [2.05, 4.69) is 4.98 Å². The van der Waals surface area contributed by atoms with Crippen molar-refractivity contribution in [3.63, 3.8) is 0 Å².